The van der Waals surface area contributed by atoms with Crippen molar-refractivity contribution in [2.24, 2.45) is 17.3 Å². The summed E-state index contributed by atoms with van der Waals surface area (Å²) in [5, 5.41) is 2.43. The highest BCUT2D eigenvalue weighted by Gasteiger charge is 2.40. The minimum atomic E-state index is -0.0655. The fourth-order valence-electron chi connectivity index (χ4n) is 3.51. The van der Waals surface area contributed by atoms with Gasteiger partial charge in [-0.2, -0.15) is 0 Å². The predicted octanol–water partition coefficient (Wildman–Crippen LogP) is 2.65. The van der Waals surface area contributed by atoms with E-state index in [-0.39, 0.29) is 17.2 Å². The van der Waals surface area contributed by atoms with Crippen LogP contribution in [0, 0.1) is 17.3 Å². The van der Waals surface area contributed by atoms with E-state index in [1.807, 2.05) is 0 Å². The second-order valence-corrected chi connectivity index (χ2v) is 6.26. The van der Waals surface area contributed by atoms with Crippen LogP contribution in [0.2, 0.25) is 0 Å². The summed E-state index contributed by atoms with van der Waals surface area (Å²) in [6.45, 7) is 4.56. The molecule has 1 heterocycles. The molecule has 1 atom stereocenters. The Bertz CT molecular complexity index is 306. The average Bonchev–Trinajstić information content (AvgIpc) is 2.39. The van der Waals surface area contributed by atoms with E-state index in [4.69, 9.17) is 0 Å². The molecule has 0 aromatic heterocycles. The van der Waals surface area contributed by atoms with E-state index < -0.39 is 0 Å². The van der Waals surface area contributed by atoms with E-state index in [1.165, 1.54) is 19.3 Å². The summed E-state index contributed by atoms with van der Waals surface area (Å²) in [5.41, 5.74) is -0.0109. The molecule has 2 aliphatic rings. The van der Waals surface area contributed by atoms with Crippen molar-refractivity contribution in [1.82, 2.24) is 5.32 Å². The Labute approximate surface area is 103 Å². The molecule has 1 saturated carbocycles. The third kappa shape index (κ3) is 2.88. The van der Waals surface area contributed by atoms with Gasteiger partial charge in [-0.15, -0.1) is 0 Å². The van der Waals surface area contributed by atoms with Gasteiger partial charge in [-0.3, -0.25) is 14.9 Å². The number of carbonyl (C=O) groups is 2. The fraction of sp³-hybridized carbons (Fsp3) is 0.857. The molecule has 0 aromatic rings. The van der Waals surface area contributed by atoms with Crippen molar-refractivity contribution in [2.75, 3.05) is 0 Å². The SMILES string of the molecule is CC(C)C1CCCC2(CC1)CC(=O)NC(=O)C2. The zero-order valence-corrected chi connectivity index (χ0v) is 10.9. The van der Waals surface area contributed by atoms with Crippen LogP contribution < -0.4 is 5.32 Å². The second-order valence-electron chi connectivity index (χ2n) is 6.26. The van der Waals surface area contributed by atoms with Gasteiger partial charge in [-0.25, -0.2) is 0 Å². The number of hydrogen-bond donors (Lipinski definition) is 1. The van der Waals surface area contributed by atoms with Crippen molar-refractivity contribution in [3.63, 3.8) is 0 Å². The molecule has 0 bridgehead atoms. The quantitative estimate of drug-likeness (QED) is 0.713. The molecule has 1 aliphatic carbocycles. The van der Waals surface area contributed by atoms with Crippen LogP contribution in [0.15, 0.2) is 0 Å². The van der Waals surface area contributed by atoms with Gasteiger partial charge in [0.1, 0.15) is 0 Å². The predicted molar refractivity (Wildman–Crippen MR) is 66.2 cm³/mol. The zero-order chi connectivity index (χ0) is 12.5. The summed E-state index contributed by atoms with van der Waals surface area (Å²) in [5.74, 6) is 1.36. The Morgan fingerprint density at radius 3 is 2.35 bits per heavy atom. The van der Waals surface area contributed by atoms with E-state index in [2.05, 4.69) is 19.2 Å². The molecule has 17 heavy (non-hydrogen) atoms. The Morgan fingerprint density at radius 2 is 1.76 bits per heavy atom. The smallest absolute Gasteiger partial charge is 0.227 e. The van der Waals surface area contributed by atoms with Crippen LogP contribution in [-0.4, -0.2) is 11.8 Å². The number of rotatable bonds is 1. The lowest BCUT2D eigenvalue weighted by Crippen LogP contribution is -2.44. The maximum atomic E-state index is 11.5. The number of amides is 2. The summed E-state index contributed by atoms with van der Waals surface area (Å²) in [7, 11) is 0. The van der Waals surface area contributed by atoms with E-state index >= 15 is 0 Å². The molecule has 2 rings (SSSR count). The molecular formula is C14H23NO2. The normalized spacial score (nSPS) is 29.2. The van der Waals surface area contributed by atoms with Crippen molar-refractivity contribution in [1.29, 1.82) is 0 Å². The molecule has 2 amide bonds. The molecule has 3 heteroatoms. The monoisotopic (exact) mass is 237 g/mol. The van der Waals surface area contributed by atoms with Crippen molar-refractivity contribution < 1.29 is 9.59 Å². The molecule has 1 spiro atoms. The lowest BCUT2D eigenvalue weighted by molar-refractivity contribution is -0.138. The van der Waals surface area contributed by atoms with Gasteiger partial charge in [0.15, 0.2) is 0 Å². The summed E-state index contributed by atoms with van der Waals surface area (Å²) in [6, 6.07) is 0. The number of imide groups is 1. The van der Waals surface area contributed by atoms with Crippen LogP contribution in [-0.2, 0) is 9.59 Å². The maximum absolute atomic E-state index is 11.5. The number of hydrogen-bond acceptors (Lipinski definition) is 2. The number of piperidine rings is 1. The minimum Gasteiger partial charge on any atom is -0.296 e. The van der Waals surface area contributed by atoms with Gasteiger partial charge in [0.05, 0.1) is 0 Å². The first-order chi connectivity index (χ1) is 8.01. The topological polar surface area (TPSA) is 46.2 Å². The first kappa shape index (κ1) is 12.6. The van der Waals surface area contributed by atoms with Crippen LogP contribution in [0.1, 0.15) is 58.8 Å². The Hall–Kier alpha value is -0.860. The number of carbonyl (C=O) groups excluding carboxylic acids is 2. The molecular weight excluding hydrogens is 214 g/mol. The molecule has 1 saturated heterocycles. The minimum absolute atomic E-state index is 0.0109. The van der Waals surface area contributed by atoms with Crippen LogP contribution >= 0.6 is 0 Å². The zero-order valence-electron chi connectivity index (χ0n) is 10.9. The summed E-state index contributed by atoms with van der Waals surface area (Å²) >= 11 is 0. The average molecular weight is 237 g/mol. The van der Waals surface area contributed by atoms with E-state index in [9.17, 15) is 9.59 Å². The molecule has 96 valence electrons. The van der Waals surface area contributed by atoms with Gasteiger partial charge in [0.25, 0.3) is 0 Å². The summed E-state index contributed by atoms with van der Waals surface area (Å²) in [6.07, 6.45) is 6.83. The molecule has 0 radical (unpaired) electrons. The van der Waals surface area contributed by atoms with Gasteiger partial charge in [-0.05, 0) is 36.5 Å². The van der Waals surface area contributed by atoms with Crippen molar-refractivity contribution in [2.45, 2.75) is 58.8 Å². The molecule has 3 nitrogen and oxygen atoms in total. The molecule has 2 fully saturated rings. The maximum Gasteiger partial charge on any atom is 0.227 e. The molecule has 1 unspecified atom stereocenters. The van der Waals surface area contributed by atoms with Gasteiger partial charge >= 0.3 is 0 Å². The first-order valence-corrected chi connectivity index (χ1v) is 6.83. The van der Waals surface area contributed by atoms with Crippen molar-refractivity contribution >= 4 is 11.8 Å². The highest BCUT2D eigenvalue weighted by molar-refractivity contribution is 5.98. The summed E-state index contributed by atoms with van der Waals surface area (Å²) < 4.78 is 0. The van der Waals surface area contributed by atoms with Gasteiger partial charge in [-0.1, -0.05) is 26.7 Å². The summed E-state index contributed by atoms with van der Waals surface area (Å²) in [4.78, 5) is 23.1. The first-order valence-electron chi connectivity index (χ1n) is 6.83. The molecule has 1 N–H and O–H groups in total. The van der Waals surface area contributed by atoms with Crippen LogP contribution in [0.3, 0.4) is 0 Å². The third-order valence-corrected chi connectivity index (χ3v) is 4.62. The van der Waals surface area contributed by atoms with Crippen LogP contribution in [0.4, 0.5) is 0 Å². The highest BCUT2D eigenvalue weighted by Crippen LogP contribution is 2.45. The lowest BCUT2D eigenvalue weighted by atomic mass is 9.72. The Balaban J connectivity index is 2.06. The second kappa shape index (κ2) is 4.79. The van der Waals surface area contributed by atoms with Crippen molar-refractivity contribution in [3.8, 4) is 0 Å². The van der Waals surface area contributed by atoms with Gasteiger partial charge in [0.2, 0.25) is 11.8 Å². The Kier molecular flexibility index (Phi) is 3.55. The fourth-order valence-corrected chi connectivity index (χ4v) is 3.51. The van der Waals surface area contributed by atoms with E-state index in [1.54, 1.807) is 0 Å². The largest absolute Gasteiger partial charge is 0.296 e. The van der Waals surface area contributed by atoms with Crippen LogP contribution in [0.5, 0.6) is 0 Å². The standard InChI is InChI=1S/C14H23NO2/c1-10(2)11-4-3-6-14(7-5-11)8-12(16)15-13(17)9-14/h10-11H,3-9H2,1-2H3,(H,15,16,17). The third-order valence-electron chi connectivity index (χ3n) is 4.62. The van der Waals surface area contributed by atoms with Crippen LogP contribution in [0.25, 0.3) is 0 Å². The Morgan fingerprint density at radius 1 is 1.12 bits per heavy atom. The molecule has 1 aliphatic heterocycles. The van der Waals surface area contributed by atoms with E-state index in [0.717, 1.165) is 24.7 Å². The van der Waals surface area contributed by atoms with Gasteiger partial charge in [0, 0.05) is 12.8 Å². The highest BCUT2D eigenvalue weighted by atomic mass is 16.2. The number of nitrogens with one attached hydrogen (secondary N) is 1. The lowest BCUT2D eigenvalue weighted by Gasteiger charge is -2.35. The van der Waals surface area contributed by atoms with E-state index in [0.29, 0.717) is 12.8 Å². The van der Waals surface area contributed by atoms with Crippen molar-refractivity contribution in [3.05, 3.63) is 0 Å². The molecule has 0 aromatic carbocycles. The van der Waals surface area contributed by atoms with Gasteiger partial charge < -0.3 is 0 Å².